The summed E-state index contributed by atoms with van der Waals surface area (Å²) in [6.45, 7) is 0. The summed E-state index contributed by atoms with van der Waals surface area (Å²) < 4.78 is 80.9. The number of hydrogen-bond donors (Lipinski definition) is 0. The van der Waals surface area contributed by atoms with Crippen LogP contribution in [0.5, 0.6) is 0 Å². The molecule has 49 heavy (non-hydrogen) atoms. The van der Waals surface area contributed by atoms with Crippen LogP contribution in [0.2, 0.25) is 0 Å². The van der Waals surface area contributed by atoms with Crippen molar-refractivity contribution in [2.24, 2.45) is 0 Å². The molecule has 1 heteroatoms. The Balaban J connectivity index is 1.52. The fraction of sp³-hybridized carbons (Fsp3) is 0. The zero-order valence-corrected chi connectivity index (χ0v) is 26.1. The number of benzene rings is 9. The van der Waals surface area contributed by atoms with Crippen LogP contribution in [-0.4, -0.2) is 0 Å². The average molecular weight is 631 g/mol. The van der Waals surface area contributed by atoms with Gasteiger partial charge in [-0.05, 0) is 72.1 Å². The highest BCUT2D eigenvalue weighted by molar-refractivity contribution is 6.26. The van der Waals surface area contributed by atoms with Crippen molar-refractivity contribution >= 4 is 54.1 Å². The summed E-state index contributed by atoms with van der Waals surface area (Å²) in [5.41, 5.74) is 4.62. The molecule has 1 aromatic heterocycles. The van der Waals surface area contributed by atoms with Gasteiger partial charge in [-0.15, -0.1) is 0 Å². The smallest absolute Gasteiger partial charge is 0.143 e. The lowest BCUT2D eigenvalue weighted by molar-refractivity contribution is 0.633. The number of rotatable bonds is 4. The molecule has 9 aromatic carbocycles. The second kappa shape index (κ2) is 11.1. The van der Waals surface area contributed by atoms with E-state index in [2.05, 4.69) is 18.2 Å². The Labute approximate surface area is 295 Å². The summed E-state index contributed by atoms with van der Waals surface area (Å²) in [5, 5.41) is 5.09. The summed E-state index contributed by atoms with van der Waals surface area (Å²) >= 11 is 0. The van der Waals surface area contributed by atoms with E-state index in [0.717, 1.165) is 38.2 Å². The van der Waals surface area contributed by atoms with E-state index < -0.39 is 24.2 Å². The maximum Gasteiger partial charge on any atom is 0.143 e. The zero-order valence-electron chi connectivity index (χ0n) is 34.1. The molecule has 0 saturated carbocycles. The molecule has 0 spiro atoms. The molecule has 0 unspecified atom stereocenters. The van der Waals surface area contributed by atoms with E-state index in [9.17, 15) is 5.48 Å². The molecule has 0 atom stereocenters. The second-order valence-electron chi connectivity index (χ2n) is 12.2. The van der Waals surface area contributed by atoms with Crippen LogP contribution in [0.4, 0.5) is 0 Å². The number of furan rings is 1. The van der Waals surface area contributed by atoms with Crippen molar-refractivity contribution in [3.63, 3.8) is 0 Å². The summed E-state index contributed by atoms with van der Waals surface area (Å²) in [4.78, 5) is 0. The third-order valence-electron chi connectivity index (χ3n) is 9.50. The fourth-order valence-corrected chi connectivity index (χ4v) is 7.36. The Morgan fingerprint density at radius 3 is 1.69 bits per heavy atom. The monoisotopic (exact) mass is 630 g/mol. The van der Waals surface area contributed by atoms with Crippen LogP contribution in [0.15, 0.2) is 186 Å². The predicted octanol–water partition coefficient (Wildman–Crippen LogP) is 13.7. The summed E-state index contributed by atoms with van der Waals surface area (Å²) in [5.74, 6) is 0.409. The molecule has 0 saturated heterocycles. The first-order valence-corrected chi connectivity index (χ1v) is 16.2. The average Bonchev–Trinajstić information content (AvgIpc) is 3.63. The van der Waals surface area contributed by atoms with Gasteiger partial charge in [0.15, 0.2) is 0 Å². The van der Waals surface area contributed by atoms with Gasteiger partial charge < -0.3 is 4.42 Å². The normalized spacial score (nSPS) is 14.0. The third kappa shape index (κ3) is 4.33. The van der Waals surface area contributed by atoms with E-state index in [0.29, 0.717) is 33.4 Å². The first-order valence-electron chi connectivity index (χ1n) is 20.2. The molecule has 0 aliphatic rings. The van der Waals surface area contributed by atoms with Crippen LogP contribution < -0.4 is 0 Å². The van der Waals surface area contributed by atoms with Gasteiger partial charge in [0.05, 0.1) is 11.0 Å². The molecule has 0 bridgehead atoms. The molecule has 0 radical (unpaired) electrons. The van der Waals surface area contributed by atoms with Gasteiger partial charge in [0.25, 0.3) is 0 Å². The number of hydrogen-bond acceptors (Lipinski definition) is 1. The summed E-state index contributed by atoms with van der Waals surface area (Å²) in [6.07, 6.45) is 0. The fourth-order valence-electron chi connectivity index (χ4n) is 7.36. The van der Waals surface area contributed by atoms with E-state index in [-0.39, 0.29) is 51.3 Å². The van der Waals surface area contributed by atoms with Crippen LogP contribution in [0.1, 0.15) is 11.0 Å². The van der Waals surface area contributed by atoms with E-state index in [1.165, 1.54) is 0 Å². The van der Waals surface area contributed by atoms with Crippen LogP contribution >= 0.6 is 0 Å². The second-order valence-corrected chi connectivity index (χ2v) is 12.2. The molecule has 0 aliphatic heterocycles. The van der Waals surface area contributed by atoms with E-state index in [4.69, 9.17) is 9.90 Å². The van der Waals surface area contributed by atoms with E-state index in [1.807, 2.05) is 91.0 Å². The van der Waals surface area contributed by atoms with Crippen molar-refractivity contribution in [2.75, 3.05) is 0 Å². The van der Waals surface area contributed by atoms with Gasteiger partial charge in [0.2, 0.25) is 0 Å². The molecular formula is C48H30O. The van der Waals surface area contributed by atoms with Gasteiger partial charge >= 0.3 is 0 Å². The lowest BCUT2D eigenvalue weighted by atomic mass is 9.84. The Hall–Kier alpha value is -6.44. The molecular weight excluding hydrogens is 593 g/mol. The van der Waals surface area contributed by atoms with Gasteiger partial charge in [-0.25, -0.2) is 0 Å². The molecule has 10 rings (SSSR count). The van der Waals surface area contributed by atoms with Crippen LogP contribution in [0.3, 0.4) is 0 Å². The van der Waals surface area contributed by atoms with Crippen molar-refractivity contribution in [3.8, 4) is 44.7 Å². The SMILES string of the molecule is [2H]c1c([2H])c([2H])c2c(-c3c(-c4cccc5ccc6ccccc6c45)oc4ccc(-c5ccccc5)cc34)c3c([2H])c([2H])c([2H])c([2H])c3c(-c3ccccc3)c2c1[2H]. The number of fused-ring (bicyclic) bond motifs is 6. The molecule has 0 fully saturated rings. The highest BCUT2D eigenvalue weighted by Gasteiger charge is 2.25. The minimum atomic E-state index is -0.455. The van der Waals surface area contributed by atoms with Crippen LogP contribution in [0.25, 0.3) is 98.8 Å². The van der Waals surface area contributed by atoms with Gasteiger partial charge in [-0.3, -0.25) is 0 Å². The van der Waals surface area contributed by atoms with Crippen molar-refractivity contribution in [2.45, 2.75) is 0 Å². The highest BCUT2D eigenvalue weighted by atomic mass is 16.3. The Bertz CT molecular complexity index is 3240. The van der Waals surface area contributed by atoms with Crippen LogP contribution in [-0.2, 0) is 0 Å². The first kappa shape index (κ1) is 20.7. The minimum absolute atomic E-state index is 0.136. The zero-order chi connectivity index (χ0) is 39.3. The van der Waals surface area contributed by atoms with Gasteiger partial charge in [-0.2, -0.15) is 0 Å². The lowest BCUT2D eigenvalue weighted by Crippen LogP contribution is -1.92. The van der Waals surface area contributed by atoms with E-state index >= 15 is 0 Å². The highest BCUT2D eigenvalue weighted by Crippen LogP contribution is 2.51. The summed E-state index contributed by atoms with van der Waals surface area (Å²) in [7, 11) is 0. The topological polar surface area (TPSA) is 13.1 Å². The molecule has 0 aliphatic carbocycles. The maximum atomic E-state index is 9.61. The molecule has 0 N–H and O–H groups in total. The van der Waals surface area contributed by atoms with Crippen molar-refractivity contribution < 1.29 is 15.4 Å². The Morgan fingerprint density at radius 1 is 0.388 bits per heavy atom. The largest absolute Gasteiger partial charge is 0.455 e. The lowest BCUT2D eigenvalue weighted by Gasteiger charge is -2.18. The van der Waals surface area contributed by atoms with Crippen molar-refractivity contribution in [3.05, 3.63) is 182 Å². The Morgan fingerprint density at radius 2 is 0.980 bits per heavy atom. The predicted molar refractivity (Wildman–Crippen MR) is 208 cm³/mol. The maximum absolute atomic E-state index is 9.61. The first-order chi connectivity index (χ1) is 27.7. The standard InChI is InChI=1S/C48H30O/c1-3-14-31(15-4-1)35-28-29-43-42(30-35)47(48(49-43)41-25-13-19-34-27-26-32-16-7-8-20-36(32)44(34)41)46-39-23-11-9-21-37(39)45(33-17-5-2-6-18-33)38-22-10-12-24-40(38)46/h1-30H/i9D,10D,11D,12D,21D,22D,23D,24D. The quantitative estimate of drug-likeness (QED) is 0.139. The van der Waals surface area contributed by atoms with Crippen molar-refractivity contribution in [1.29, 1.82) is 0 Å². The minimum Gasteiger partial charge on any atom is -0.455 e. The molecule has 10 aromatic rings. The summed E-state index contributed by atoms with van der Waals surface area (Å²) in [6, 6.07) is 39.9. The molecule has 1 nitrogen and oxygen atoms in total. The third-order valence-corrected chi connectivity index (χ3v) is 9.50. The molecule has 1 heterocycles. The van der Waals surface area contributed by atoms with Crippen molar-refractivity contribution in [1.82, 2.24) is 0 Å². The molecule has 0 amide bonds. The van der Waals surface area contributed by atoms with E-state index in [1.54, 1.807) is 24.3 Å². The molecule has 228 valence electrons. The van der Waals surface area contributed by atoms with Crippen LogP contribution in [0, 0.1) is 0 Å². The Kier molecular flexibility index (Phi) is 4.69. The van der Waals surface area contributed by atoms with Gasteiger partial charge in [-0.1, -0.05) is 170 Å². The van der Waals surface area contributed by atoms with Gasteiger partial charge in [0, 0.05) is 27.5 Å². The van der Waals surface area contributed by atoms with Gasteiger partial charge in [0.1, 0.15) is 11.3 Å².